The van der Waals surface area contributed by atoms with Crippen LogP contribution in [0.15, 0.2) is 34.5 Å². The number of H-pyrrole nitrogens is 1. The zero-order valence-corrected chi connectivity index (χ0v) is 16.9. The first-order valence-corrected chi connectivity index (χ1v) is 10.4. The molecule has 26 heavy (non-hydrogen) atoms. The number of thioether (sulfide) groups is 1. The number of nitrogens with zero attached hydrogens (tertiary/aromatic N) is 3. The number of amides is 1. The van der Waals surface area contributed by atoms with Crippen LogP contribution < -0.4 is 5.32 Å². The molecule has 0 bridgehead atoms. The van der Waals surface area contributed by atoms with Crippen molar-refractivity contribution in [1.82, 2.24) is 25.1 Å². The average Bonchev–Trinajstić information content (AvgIpc) is 3.23. The van der Waals surface area contributed by atoms with Crippen LogP contribution >= 0.6 is 35.3 Å². The topological polar surface area (TPSA) is 75.6 Å². The van der Waals surface area contributed by atoms with Gasteiger partial charge in [-0.25, -0.2) is 4.98 Å². The molecule has 0 aliphatic carbocycles. The van der Waals surface area contributed by atoms with E-state index in [1.165, 1.54) is 0 Å². The van der Waals surface area contributed by atoms with Gasteiger partial charge in [-0.05, 0) is 50.3 Å². The van der Waals surface area contributed by atoms with Gasteiger partial charge in [-0.2, -0.15) is 5.10 Å². The maximum atomic E-state index is 12.3. The van der Waals surface area contributed by atoms with Gasteiger partial charge < -0.3 is 9.88 Å². The summed E-state index contributed by atoms with van der Waals surface area (Å²) in [5.74, 6) is 1.42. The molecular weight excluding hydrogens is 386 g/mol. The zero-order valence-electron chi connectivity index (χ0n) is 14.5. The molecule has 0 aliphatic heterocycles. The number of aromatic nitrogens is 4. The molecule has 0 saturated carbocycles. The van der Waals surface area contributed by atoms with Crippen molar-refractivity contribution in [2.45, 2.75) is 37.6 Å². The Labute approximate surface area is 165 Å². The lowest BCUT2D eigenvalue weighted by molar-refractivity contribution is 0.0949. The van der Waals surface area contributed by atoms with Crippen LogP contribution in [0, 0.1) is 11.7 Å². The smallest absolute Gasteiger partial charge is 0.251 e. The number of nitrogens with one attached hydrogen (secondary N) is 2. The van der Waals surface area contributed by atoms with Crippen LogP contribution in [0.4, 0.5) is 0 Å². The van der Waals surface area contributed by atoms with E-state index < -0.39 is 0 Å². The molecule has 3 aromatic rings. The van der Waals surface area contributed by atoms with Crippen molar-refractivity contribution in [3.8, 4) is 0 Å². The number of aryl methyl sites for hydroxylation is 1. The summed E-state index contributed by atoms with van der Waals surface area (Å²) in [7, 11) is 0. The van der Waals surface area contributed by atoms with E-state index in [0.29, 0.717) is 23.4 Å². The lowest BCUT2D eigenvalue weighted by atomic mass is 10.2. The second-order valence-electron chi connectivity index (χ2n) is 5.54. The van der Waals surface area contributed by atoms with Crippen LogP contribution in [0.25, 0.3) is 0 Å². The minimum atomic E-state index is -0.131. The molecule has 136 valence electrons. The fraction of sp³-hybridized carbons (Fsp3) is 0.294. The highest BCUT2D eigenvalue weighted by Crippen LogP contribution is 2.23. The zero-order chi connectivity index (χ0) is 18.5. The van der Waals surface area contributed by atoms with Crippen molar-refractivity contribution in [1.29, 1.82) is 0 Å². The molecule has 1 amide bonds. The third-order valence-corrected chi connectivity index (χ3v) is 5.91. The Morgan fingerprint density at radius 1 is 1.38 bits per heavy atom. The summed E-state index contributed by atoms with van der Waals surface area (Å²) in [5.41, 5.74) is 1.71. The van der Waals surface area contributed by atoms with Crippen LogP contribution in [0.3, 0.4) is 0 Å². The third-order valence-electron chi connectivity index (χ3n) is 3.73. The normalized spacial score (nSPS) is 10.8. The predicted octanol–water partition coefficient (Wildman–Crippen LogP) is 3.95. The van der Waals surface area contributed by atoms with Crippen molar-refractivity contribution in [3.63, 3.8) is 0 Å². The van der Waals surface area contributed by atoms with Gasteiger partial charge in [-0.3, -0.25) is 9.89 Å². The Morgan fingerprint density at radius 2 is 2.15 bits per heavy atom. The number of carbonyl (C=O) groups is 1. The highest BCUT2D eigenvalue weighted by atomic mass is 32.2. The van der Waals surface area contributed by atoms with Gasteiger partial charge in [-0.15, -0.1) is 23.1 Å². The summed E-state index contributed by atoms with van der Waals surface area (Å²) in [5, 5.41) is 12.9. The number of benzene rings is 1. The van der Waals surface area contributed by atoms with E-state index in [1.807, 2.05) is 42.7 Å². The van der Waals surface area contributed by atoms with Crippen LogP contribution in [0.5, 0.6) is 0 Å². The number of carbonyl (C=O) groups excluding carboxylic acids is 1. The van der Waals surface area contributed by atoms with Gasteiger partial charge in [0.05, 0.1) is 17.2 Å². The highest BCUT2D eigenvalue weighted by Gasteiger charge is 2.09. The van der Waals surface area contributed by atoms with Gasteiger partial charge in [0.25, 0.3) is 5.91 Å². The van der Waals surface area contributed by atoms with E-state index in [-0.39, 0.29) is 5.91 Å². The summed E-state index contributed by atoms with van der Waals surface area (Å²) >= 11 is 8.52. The summed E-state index contributed by atoms with van der Waals surface area (Å²) < 4.78 is 2.42. The van der Waals surface area contributed by atoms with E-state index in [9.17, 15) is 4.79 Å². The summed E-state index contributed by atoms with van der Waals surface area (Å²) in [6, 6.07) is 7.59. The Bertz CT molecular complexity index is 942. The first kappa shape index (κ1) is 18.8. The van der Waals surface area contributed by atoms with Gasteiger partial charge in [-0.1, -0.05) is 0 Å². The molecule has 0 fully saturated rings. The number of aromatic amines is 1. The second kappa shape index (κ2) is 8.61. The van der Waals surface area contributed by atoms with Crippen LogP contribution in [0.1, 0.15) is 33.8 Å². The molecule has 2 N–H and O–H groups in total. The molecule has 1 aromatic carbocycles. The molecule has 2 aromatic heterocycles. The summed E-state index contributed by atoms with van der Waals surface area (Å²) in [4.78, 5) is 17.9. The van der Waals surface area contributed by atoms with Crippen molar-refractivity contribution >= 4 is 41.2 Å². The number of hydrogen-bond donors (Lipinski definition) is 2. The minimum Gasteiger partial charge on any atom is -0.345 e. The maximum absolute atomic E-state index is 12.3. The Kier molecular flexibility index (Phi) is 6.23. The quantitative estimate of drug-likeness (QED) is 0.460. The Balaban J connectivity index is 1.55. The Hall–Kier alpha value is -1.97. The summed E-state index contributed by atoms with van der Waals surface area (Å²) in [6.45, 7) is 5.04. The molecule has 0 aliphatic rings. The fourth-order valence-electron chi connectivity index (χ4n) is 2.41. The number of rotatable bonds is 7. The molecule has 0 unspecified atom stereocenters. The van der Waals surface area contributed by atoms with Gasteiger partial charge >= 0.3 is 0 Å². The Morgan fingerprint density at radius 3 is 2.81 bits per heavy atom. The van der Waals surface area contributed by atoms with Gasteiger partial charge in [0.15, 0.2) is 10.6 Å². The lowest BCUT2D eigenvalue weighted by Crippen LogP contribution is -2.24. The first-order valence-electron chi connectivity index (χ1n) is 8.13. The highest BCUT2D eigenvalue weighted by molar-refractivity contribution is 7.98. The maximum Gasteiger partial charge on any atom is 0.251 e. The van der Waals surface area contributed by atoms with Crippen molar-refractivity contribution in [2.75, 3.05) is 0 Å². The molecule has 0 saturated heterocycles. The van der Waals surface area contributed by atoms with Crippen molar-refractivity contribution < 1.29 is 4.79 Å². The van der Waals surface area contributed by atoms with E-state index >= 15 is 0 Å². The lowest BCUT2D eigenvalue weighted by Gasteiger charge is -2.07. The van der Waals surface area contributed by atoms with Crippen LogP contribution in [-0.4, -0.2) is 25.7 Å². The number of thiazole rings is 1. The van der Waals surface area contributed by atoms with Gasteiger partial charge in [0, 0.05) is 28.1 Å². The van der Waals surface area contributed by atoms with Crippen LogP contribution in [0.2, 0.25) is 0 Å². The predicted molar refractivity (Wildman–Crippen MR) is 107 cm³/mol. The molecule has 0 spiro atoms. The number of hydrogen-bond acceptors (Lipinski definition) is 6. The molecule has 3 rings (SSSR count). The largest absolute Gasteiger partial charge is 0.345 e. The van der Waals surface area contributed by atoms with Crippen molar-refractivity contribution in [2.24, 2.45) is 0 Å². The monoisotopic (exact) mass is 405 g/mol. The molecule has 0 radical (unpaired) electrons. The van der Waals surface area contributed by atoms with Crippen molar-refractivity contribution in [3.05, 3.63) is 56.5 Å². The average molecular weight is 406 g/mol. The molecule has 6 nitrogen and oxygen atoms in total. The van der Waals surface area contributed by atoms with Gasteiger partial charge in [0.2, 0.25) is 0 Å². The SMILES string of the molecule is CCn1c(CNC(=O)c2ccc(SCc3csc(C)n3)cc2)n[nH]c1=S. The van der Waals surface area contributed by atoms with E-state index in [0.717, 1.165) is 27.2 Å². The van der Waals surface area contributed by atoms with Crippen LogP contribution in [-0.2, 0) is 18.8 Å². The first-order chi connectivity index (χ1) is 12.6. The van der Waals surface area contributed by atoms with Gasteiger partial charge in [0.1, 0.15) is 0 Å². The molecule has 2 heterocycles. The van der Waals surface area contributed by atoms with E-state index in [2.05, 4.69) is 25.9 Å². The van der Waals surface area contributed by atoms with E-state index in [1.54, 1.807) is 23.1 Å². The minimum absolute atomic E-state index is 0.131. The standard InChI is InChI=1S/C17H19N5OS3/c1-3-22-15(20-21-17(22)24)8-18-16(23)12-4-6-14(7-5-12)26-10-13-9-25-11(2)19-13/h4-7,9H,3,8,10H2,1-2H3,(H,18,23)(H,21,24). The summed E-state index contributed by atoms with van der Waals surface area (Å²) in [6.07, 6.45) is 0. The second-order valence-corrected chi connectivity index (χ2v) is 8.04. The molecule has 0 atom stereocenters. The fourth-order valence-corrected chi connectivity index (χ4v) is 4.20. The molecular formula is C17H19N5OS3. The molecule has 9 heteroatoms. The third kappa shape index (κ3) is 4.60. The van der Waals surface area contributed by atoms with E-state index in [4.69, 9.17) is 12.2 Å².